The van der Waals surface area contributed by atoms with Gasteiger partial charge in [-0.2, -0.15) is 0 Å². The molecule has 0 unspecified atom stereocenters. The first-order valence-corrected chi connectivity index (χ1v) is 4.64. The molecule has 1 amide bonds. The number of nitrogens with two attached hydrogens (primary N) is 1. The molecule has 0 saturated carbocycles. The lowest BCUT2D eigenvalue weighted by Gasteiger charge is -2.25. The minimum atomic E-state index is -0.356. The van der Waals surface area contributed by atoms with Crippen LogP contribution in [0.2, 0.25) is 0 Å². The van der Waals surface area contributed by atoms with Gasteiger partial charge in [-0.05, 0) is 19.3 Å². The van der Waals surface area contributed by atoms with Crippen LogP contribution in [0, 0.1) is 11.8 Å². The van der Waals surface area contributed by atoms with Crippen LogP contribution >= 0.6 is 0 Å². The summed E-state index contributed by atoms with van der Waals surface area (Å²) in [7, 11) is 1.63. The summed E-state index contributed by atoms with van der Waals surface area (Å²) in [6.45, 7) is 3.32. The van der Waals surface area contributed by atoms with Crippen molar-refractivity contribution < 1.29 is 9.53 Å². The minimum absolute atomic E-state index is 0.139. The van der Waals surface area contributed by atoms with Gasteiger partial charge in [-0.3, -0.25) is 4.79 Å². The van der Waals surface area contributed by atoms with E-state index in [2.05, 4.69) is 11.8 Å². The highest BCUT2D eigenvalue weighted by molar-refractivity contribution is 5.93. The monoisotopic (exact) mass is 196 g/mol. The SMILES string of the molecule is CC#CC(=O)N1CC[C@](CN)(OC)C1. The van der Waals surface area contributed by atoms with E-state index in [-0.39, 0.29) is 11.5 Å². The second-order valence-electron chi connectivity index (χ2n) is 3.44. The number of carbonyl (C=O) groups excluding carboxylic acids is 1. The third kappa shape index (κ3) is 2.06. The van der Waals surface area contributed by atoms with Crippen molar-refractivity contribution in [2.24, 2.45) is 5.73 Å². The number of carbonyl (C=O) groups is 1. The summed E-state index contributed by atoms with van der Waals surface area (Å²) < 4.78 is 5.34. The highest BCUT2D eigenvalue weighted by Crippen LogP contribution is 2.23. The molecule has 0 radical (unpaired) electrons. The van der Waals surface area contributed by atoms with Crippen molar-refractivity contribution in [2.45, 2.75) is 18.9 Å². The third-order valence-electron chi connectivity index (χ3n) is 2.64. The molecule has 1 aliphatic heterocycles. The summed E-state index contributed by atoms with van der Waals surface area (Å²) in [5.41, 5.74) is 5.26. The fraction of sp³-hybridized carbons (Fsp3) is 0.700. The Bertz CT molecular complexity index is 274. The van der Waals surface area contributed by atoms with E-state index in [1.807, 2.05) is 0 Å². The van der Waals surface area contributed by atoms with Gasteiger partial charge in [-0.15, -0.1) is 0 Å². The maximum atomic E-state index is 11.4. The van der Waals surface area contributed by atoms with Gasteiger partial charge in [-0.25, -0.2) is 0 Å². The van der Waals surface area contributed by atoms with Gasteiger partial charge in [0.1, 0.15) is 0 Å². The van der Waals surface area contributed by atoms with Crippen LogP contribution in [0.3, 0.4) is 0 Å². The molecule has 4 heteroatoms. The molecule has 1 heterocycles. The Morgan fingerprint density at radius 2 is 2.43 bits per heavy atom. The first-order chi connectivity index (χ1) is 6.67. The van der Waals surface area contributed by atoms with Crippen LogP contribution in [-0.4, -0.2) is 43.2 Å². The van der Waals surface area contributed by atoms with Gasteiger partial charge in [-0.1, -0.05) is 5.92 Å². The number of nitrogens with zero attached hydrogens (tertiary/aromatic N) is 1. The van der Waals surface area contributed by atoms with Crippen molar-refractivity contribution in [3.05, 3.63) is 0 Å². The highest BCUT2D eigenvalue weighted by Gasteiger charge is 2.38. The first kappa shape index (κ1) is 11.0. The van der Waals surface area contributed by atoms with E-state index in [0.29, 0.717) is 19.6 Å². The van der Waals surface area contributed by atoms with Crippen LogP contribution < -0.4 is 5.73 Å². The van der Waals surface area contributed by atoms with Gasteiger partial charge in [0.15, 0.2) is 0 Å². The average Bonchev–Trinajstić information content (AvgIpc) is 2.63. The molecule has 0 aliphatic carbocycles. The molecule has 1 saturated heterocycles. The topological polar surface area (TPSA) is 55.6 Å². The lowest BCUT2D eigenvalue weighted by atomic mass is 10.0. The zero-order chi connectivity index (χ0) is 10.6. The van der Waals surface area contributed by atoms with Crippen LogP contribution in [0.4, 0.5) is 0 Å². The van der Waals surface area contributed by atoms with Crippen LogP contribution in [0.15, 0.2) is 0 Å². The van der Waals surface area contributed by atoms with Crippen LogP contribution in [0.1, 0.15) is 13.3 Å². The summed E-state index contributed by atoms with van der Waals surface area (Å²) in [6.07, 6.45) is 0.789. The molecule has 1 atom stereocenters. The van der Waals surface area contributed by atoms with Gasteiger partial charge in [0.2, 0.25) is 0 Å². The van der Waals surface area contributed by atoms with Gasteiger partial charge in [0, 0.05) is 20.2 Å². The van der Waals surface area contributed by atoms with Crippen LogP contribution in [0.5, 0.6) is 0 Å². The van der Waals surface area contributed by atoms with E-state index in [9.17, 15) is 4.79 Å². The van der Waals surface area contributed by atoms with Crippen molar-refractivity contribution in [2.75, 3.05) is 26.7 Å². The Labute approximate surface area is 84.4 Å². The largest absolute Gasteiger partial charge is 0.375 e. The molecule has 0 bridgehead atoms. The second kappa shape index (κ2) is 4.45. The van der Waals surface area contributed by atoms with Gasteiger partial charge in [0.05, 0.1) is 12.1 Å². The van der Waals surface area contributed by atoms with Crippen molar-refractivity contribution >= 4 is 5.91 Å². The Morgan fingerprint density at radius 3 is 2.86 bits per heavy atom. The maximum Gasteiger partial charge on any atom is 0.298 e. The third-order valence-corrected chi connectivity index (χ3v) is 2.64. The van der Waals surface area contributed by atoms with Crippen molar-refractivity contribution in [1.82, 2.24) is 4.90 Å². The fourth-order valence-corrected chi connectivity index (χ4v) is 1.62. The van der Waals surface area contributed by atoms with Crippen LogP contribution in [-0.2, 0) is 9.53 Å². The molecule has 1 aliphatic rings. The van der Waals surface area contributed by atoms with E-state index < -0.39 is 0 Å². The number of likely N-dealkylation sites (tertiary alicyclic amines) is 1. The van der Waals surface area contributed by atoms with Crippen molar-refractivity contribution in [3.63, 3.8) is 0 Å². The minimum Gasteiger partial charge on any atom is -0.375 e. The summed E-state index contributed by atoms with van der Waals surface area (Å²) in [6, 6.07) is 0. The lowest BCUT2D eigenvalue weighted by molar-refractivity contribution is -0.125. The van der Waals surface area contributed by atoms with Gasteiger partial charge in [0.25, 0.3) is 5.91 Å². The van der Waals surface area contributed by atoms with Gasteiger partial charge >= 0.3 is 0 Å². The quantitative estimate of drug-likeness (QED) is 0.611. The summed E-state index contributed by atoms with van der Waals surface area (Å²) in [4.78, 5) is 13.1. The molecule has 0 aromatic carbocycles. The molecule has 2 N–H and O–H groups in total. The predicted octanol–water partition coefficient (Wildman–Crippen LogP) is -0.414. The Kier molecular flexibility index (Phi) is 3.50. The maximum absolute atomic E-state index is 11.4. The summed E-state index contributed by atoms with van der Waals surface area (Å²) in [5, 5.41) is 0. The number of amides is 1. The summed E-state index contributed by atoms with van der Waals surface area (Å²) >= 11 is 0. The molecule has 78 valence electrons. The average molecular weight is 196 g/mol. The number of ether oxygens (including phenoxy) is 1. The molecule has 1 fully saturated rings. The molecular weight excluding hydrogens is 180 g/mol. The Hall–Kier alpha value is -1.05. The standard InChI is InChI=1S/C10H16N2O2/c1-3-4-9(13)12-6-5-10(7-11,8-12)14-2/h5-8,11H2,1-2H3/t10-/m1/s1. The van der Waals surface area contributed by atoms with E-state index in [0.717, 1.165) is 6.42 Å². The molecule has 0 spiro atoms. The molecule has 0 aromatic heterocycles. The number of hydrogen-bond acceptors (Lipinski definition) is 3. The fourth-order valence-electron chi connectivity index (χ4n) is 1.62. The van der Waals surface area contributed by atoms with Crippen molar-refractivity contribution in [3.8, 4) is 11.8 Å². The zero-order valence-electron chi connectivity index (χ0n) is 8.67. The Balaban J connectivity index is 2.63. The molecule has 4 nitrogen and oxygen atoms in total. The molecule has 1 rings (SSSR count). The number of methoxy groups -OCH3 is 1. The Morgan fingerprint density at radius 1 is 1.71 bits per heavy atom. The summed E-state index contributed by atoms with van der Waals surface area (Å²) in [5.74, 6) is 4.97. The second-order valence-corrected chi connectivity index (χ2v) is 3.44. The molecular formula is C10H16N2O2. The highest BCUT2D eigenvalue weighted by atomic mass is 16.5. The first-order valence-electron chi connectivity index (χ1n) is 4.64. The number of hydrogen-bond donors (Lipinski definition) is 1. The normalized spacial score (nSPS) is 25.8. The zero-order valence-corrected chi connectivity index (χ0v) is 8.67. The smallest absolute Gasteiger partial charge is 0.298 e. The number of rotatable bonds is 2. The van der Waals surface area contributed by atoms with Crippen molar-refractivity contribution in [1.29, 1.82) is 0 Å². The van der Waals surface area contributed by atoms with Crippen LogP contribution in [0.25, 0.3) is 0 Å². The van der Waals surface area contributed by atoms with E-state index in [4.69, 9.17) is 10.5 Å². The predicted molar refractivity (Wildman–Crippen MR) is 53.4 cm³/mol. The molecule has 0 aromatic rings. The van der Waals surface area contributed by atoms with E-state index in [1.54, 1.807) is 18.9 Å². The van der Waals surface area contributed by atoms with E-state index in [1.165, 1.54) is 0 Å². The lowest BCUT2D eigenvalue weighted by Crippen LogP contribution is -2.43. The van der Waals surface area contributed by atoms with E-state index >= 15 is 0 Å². The molecule has 14 heavy (non-hydrogen) atoms. The van der Waals surface area contributed by atoms with Gasteiger partial charge < -0.3 is 15.4 Å².